The van der Waals surface area contributed by atoms with Gasteiger partial charge in [-0.3, -0.25) is 4.79 Å². The van der Waals surface area contributed by atoms with Crippen LogP contribution in [0.5, 0.6) is 5.75 Å². The predicted octanol–water partition coefficient (Wildman–Crippen LogP) is 3.70. The highest BCUT2D eigenvalue weighted by Gasteiger charge is 2.28. The van der Waals surface area contributed by atoms with Crippen LogP contribution in [-0.2, 0) is 11.2 Å². The fourth-order valence-electron chi connectivity index (χ4n) is 2.27. The molecule has 0 saturated carbocycles. The third-order valence-electron chi connectivity index (χ3n) is 3.37. The standard InChI is InChI=1S/C16H14BrNO2/c1-10-8-12(6-7-13(10)17)18-16(19)15-9-11-4-2-3-5-14(11)20-15/h2-8,15H,9H2,1H3,(H,18,19). The molecule has 0 aromatic heterocycles. The number of carbonyl (C=O) groups is 1. The number of benzene rings is 2. The molecule has 0 bridgehead atoms. The van der Waals surface area contributed by atoms with Gasteiger partial charge in [0.05, 0.1) is 0 Å². The van der Waals surface area contributed by atoms with Crippen molar-refractivity contribution >= 4 is 27.5 Å². The normalized spacial score (nSPS) is 16.4. The Labute approximate surface area is 126 Å². The molecule has 1 unspecified atom stereocenters. The molecule has 0 radical (unpaired) electrons. The average molecular weight is 332 g/mol. The molecule has 0 fully saturated rings. The van der Waals surface area contributed by atoms with Crippen LogP contribution >= 0.6 is 15.9 Å². The summed E-state index contributed by atoms with van der Waals surface area (Å²) < 4.78 is 6.70. The van der Waals surface area contributed by atoms with E-state index < -0.39 is 6.10 Å². The van der Waals surface area contributed by atoms with E-state index in [2.05, 4.69) is 21.2 Å². The van der Waals surface area contributed by atoms with Crippen molar-refractivity contribution in [3.05, 3.63) is 58.1 Å². The minimum Gasteiger partial charge on any atom is -0.480 e. The lowest BCUT2D eigenvalue weighted by Crippen LogP contribution is -2.31. The quantitative estimate of drug-likeness (QED) is 0.911. The van der Waals surface area contributed by atoms with E-state index in [0.717, 1.165) is 27.0 Å². The number of fused-ring (bicyclic) bond motifs is 1. The maximum atomic E-state index is 12.2. The maximum Gasteiger partial charge on any atom is 0.265 e. The second kappa shape index (κ2) is 5.29. The van der Waals surface area contributed by atoms with Crippen molar-refractivity contribution in [2.24, 2.45) is 0 Å². The molecule has 4 heteroatoms. The van der Waals surface area contributed by atoms with Crippen LogP contribution in [0.25, 0.3) is 0 Å². The van der Waals surface area contributed by atoms with Crippen LogP contribution in [0.3, 0.4) is 0 Å². The van der Waals surface area contributed by atoms with Crippen LogP contribution in [0, 0.1) is 6.92 Å². The van der Waals surface area contributed by atoms with Crippen molar-refractivity contribution in [3.63, 3.8) is 0 Å². The summed E-state index contributed by atoms with van der Waals surface area (Å²) >= 11 is 3.44. The Hall–Kier alpha value is -1.81. The largest absolute Gasteiger partial charge is 0.480 e. The number of anilines is 1. The van der Waals surface area contributed by atoms with Crippen LogP contribution in [0.2, 0.25) is 0 Å². The molecule has 1 N–H and O–H groups in total. The maximum absolute atomic E-state index is 12.2. The lowest BCUT2D eigenvalue weighted by atomic mass is 10.1. The third kappa shape index (κ3) is 2.56. The number of ether oxygens (including phenoxy) is 1. The number of halogens is 1. The fourth-order valence-corrected chi connectivity index (χ4v) is 2.52. The highest BCUT2D eigenvalue weighted by Crippen LogP contribution is 2.29. The van der Waals surface area contributed by atoms with Gasteiger partial charge in [0.1, 0.15) is 5.75 Å². The highest BCUT2D eigenvalue weighted by atomic mass is 79.9. The molecule has 1 amide bonds. The van der Waals surface area contributed by atoms with Gasteiger partial charge in [-0.2, -0.15) is 0 Å². The van der Waals surface area contributed by atoms with Gasteiger partial charge in [-0.05, 0) is 42.3 Å². The first-order valence-corrected chi connectivity index (χ1v) is 7.24. The molecule has 20 heavy (non-hydrogen) atoms. The van der Waals surface area contributed by atoms with Gasteiger partial charge in [0.15, 0.2) is 6.10 Å². The number of rotatable bonds is 2. The summed E-state index contributed by atoms with van der Waals surface area (Å²) in [5, 5.41) is 2.90. The molecule has 0 aliphatic carbocycles. The molecule has 1 heterocycles. The molecule has 1 aliphatic heterocycles. The van der Waals surface area contributed by atoms with Crippen molar-refractivity contribution in [1.82, 2.24) is 0 Å². The van der Waals surface area contributed by atoms with Gasteiger partial charge in [-0.15, -0.1) is 0 Å². The number of aryl methyl sites for hydroxylation is 1. The van der Waals surface area contributed by atoms with E-state index >= 15 is 0 Å². The van der Waals surface area contributed by atoms with Crippen LogP contribution in [0.15, 0.2) is 46.9 Å². The van der Waals surface area contributed by atoms with Gasteiger partial charge in [-0.25, -0.2) is 0 Å². The van der Waals surface area contributed by atoms with Crippen molar-refractivity contribution < 1.29 is 9.53 Å². The van der Waals surface area contributed by atoms with Gasteiger partial charge in [0.25, 0.3) is 5.91 Å². The van der Waals surface area contributed by atoms with Crippen molar-refractivity contribution in [2.45, 2.75) is 19.4 Å². The van der Waals surface area contributed by atoms with Crippen LogP contribution in [0.4, 0.5) is 5.69 Å². The number of hydrogen-bond donors (Lipinski definition) is 1. The summed E-state index contributed by atoms with van der Waals surface area (Å²) in [7, 11) is 0. The SMILES string of the molecule is Cc1cc(NC(=O)C2Cc3ccccc3O2)ccc1Br. The van der Waals surface area contributed by atoms with Crippen molar-refractivity contribution in [2.75, 3.05) is 5.32 Å². The van der Waals surface area contributed by atoms with E-state index in [0.29, 0.717) is 6.42 Å². The van der Waals surface area contributed by atoms with Crippen molar-refractivity contribution in [3.8, 4) is 5.75 Å². The first kappa shape index (κ1) is 13.2. The molecule has 0 spiro atoms. The van der Waals surface area contributed by atoms with E-state index in [1.165, 1.54) is 0 Å². The van der Waals surface area contributed by atoms with E-state index in [-0.39, 0.29) is 5.91 Å². The van der Waals surface area contributed by atoms with Crippen LogP contribution in [0.1, 0.15) is 11.1 Å². The van der Waals surface area contributed by atoms with Crippen LogP contribution in [-0.4, -0.2) is 12.0 Å². The number of hydrogen-bond acceptors (Lipinski definition) is 2. The second-order valence-electron chi connectivity index (χ2n) is 4.87. The summed E-state index contributed by atoms with van der Waals surface area (Å²) in [4.78, 5) is 12.2. The summed E-state index contributed by atoms with van der Waals surface area (Å²) in [5.41, 5.74) is 2.95. The lowest BCUT2D eigenvalue weighted by molar-refractivity contribution is -0.122. The Morgan fingerprint density at radius 3 is 2.85 bits per heavy atom. The zero-order chi connectivity index (χ0) is 14.1. The molecule has 2 aromatic carbocycles. The topological polar surface area (TPSA) is 38.3 Å². The number of amides is 1. The first-order chi connectivity index (χ1) is 9.63. The Bertz CT molecular complexity index is 644. The number of nitrogens with one attached hydrogen (secondary N) is 1. The van der Waals surface area contributed by atoms with Gasteiger partial charge >= 0.3 is 0 Å². The molecule has 2 aromatic rings. The molecular weight excluding hydrogens is 318 g/mol. The van der Waals surface area contributed by atoms with E-state index in [1.54, 1.807) is 0 Å². The molecule has 3 rings (SSSR count). The Balaban J connectivity index is 1.71. The summed E-state index contributed by atoms with van der Waals surface area (Å²) in [6.07, 6.45) is 0.175. The smallest absolute Gasteiger partial charge is 0.265 e. The molecule has 1 atom stereocenters. The zero-order valence-electron chi connectivity index (χ0n) is 11.0. The molecule has 0 saturated heterocycles. The third-order valence-corrected chi connectivity index (χ3v) is 4.25. The van der Waals surface area contributed by atoms with Gasteiger partial charge in [0, 0.05) is 16.6 Å². The molecule has 102 valence electrons. The van der Waals surface area contributed by atoms with Gasteiger partial charge in [-0.1, -0.05) is 34.1 Å². The Morgan fingerprint density at radius 1 is 1.30 bits per heavy atom. The number of carbonyl (C=O) groups excluding carboxylic acids is 1. The van der Waals surface area contributed by atoms with Gasteiger partial charge < -0.3 is 10.1 Å². The molecule has 1 aliphatic rings. The number of para-hydroxylation sites is 1. The first-order valence-electron chi connectivity index (χ1n) is 6.45. The van der Waals surface area contributed by atoms with E-state index in [9.17, 15) is 4.79 Å². The van der Waals surface area contributed by atoms with Crippen molar-refractivity contribution in [1.29, 1.82) is 0 Å². The van der Waals surface area contributed by atoms with Gasteiger partial charge in [0.2, 0.25) is 0 Å². The van der Waals surface area contributed by atoms with E-state index in [4.69, 9.17) is 4.74 Å². The monoisotopic (exact) mass is 331 g/mol. The molecule has 3 nitrogen and oxygen atoms in total. The van der Waals surface area contributed by atoms with Crippen LogP contribution < -0.4 is 10.1 Å². The molecular formula is C16H14BrNO2. The summed E-state index contributed by atoms with van der Waals surface area (Å²) in [5.74, 6) is 0.697. The highest BCUT2D eigenvalue weighted by molar-refractivity contribution is 9.10. The van der Waals surface area contributed by atoms with E-state index in [1.807, 2.05) is 49.4 Å². The predicted molar refractivity (Wildman–Crippen MR) is 82.1 cm³/mol. The Morgan fingerprint density at radius 2 is 2.10 bits per heavy atom. The second-order valence-corrected chi connectivity index (χ2v) is 5.73. The minimum atomic E-state index is -0.448. The average Bonchev–Trinajstić information content (AvgIpc) is 2.87. The fraction of sp³-hybridized carbons (Fsp3) is 0.188. The summed E-state index contributed by atoms with van der Waals surface area (Å²) in [6, 6.07) is 13.5. The summed E-state index contributed by atoms with van der Waals surface area (Å²) in [6.45, 7) is 1.99. The minimum absolute atomic E-state index is 0.108. The Kier molecular flexibility index (Phi) is 3.49. The zero-order valence-corrected chi connectivity index (χ0v) is 12.6. The lowest BCUT2D eigenvalue weighted by Gasteiger charge is -2.12.